The van der Waals surface area contributed by atoms with Gasteiger partial charge in [0.15, 0.2) is 5.84 Å². The molecule has 7 heteroatoms. The highest BCUT2D eigenvalue weighted by molar-refractivity contribution is 5.79. The van der Waals surface area contributed by atoms with Gasteiger partial charge in [0.05, 0.1) is 0 Å². The van der Waals surface area contributed by atoms with Crippen LogP contribution in [-0.2, 0) is 0 Å². The van der Waals surface area contributed by atoms with Crippen LogP contribution in [0, 0.1) is 0 Å². The summed E-state index contributed by atoms with van der Waals surface area (Å²) in [6, 6.07) is 0. The summed E-state index contributed by atoms with van der Waals surface area (Å²) in [5.41, 5.74) is 1.09. The quantitative estimate of drug-likeness (QED) is 0.203. The Balaban J connectivity index is 0. The largest absolute Gasteiger partial charge is 0.191 e. The third-order valence-electron chi connectivity index (χ3n) is 0.449. The van der Waals surface area contributed by atoms with Crippen LogP contribution in [0.3, 0.4) is 0 Å². The second-order valence-corrected chi connectivity index (χ2v) is 1.04. The van der Waals surface area contributed by atoms with Crippen molar-refractivity contribution in [3.63, 3.8) is 0 Å². The molecule has 0 atom stereocenters. The molecule has 4 nitrogen and oxygen atoms in total. The summed E-state index contributed by atoms with van der Waals surface area (Å²) in [6.07, 6.45) is 0. The Morgan fingerprint density at radius 3 is 2.20 bits per heavy atom. The van der Waals surface area contributed by atoms with Crippen molar-refractivity contribution in [3.8, 4) is 0 Å². The molecule has 0 aromatic heterocycles. The maximum Gasteiger partial charge on any atom is 0.169 e. The molecule has 0 amide bonds. The smallest absolute Gasteiger partial charge is 0.169 e. The number of hydrazone groups is 1. The Labute approximate surface area is 55.6 Å². The lowest BCUT2D eigenvalue weighted by Crippen LogP contribution is -1.92. The van der Waals surface area contributed by atoms with E-state index in [1.165, 1.54) is 14.0 Å². The van der Waals surface area contributed by atoms with E-state index in [1.807, 2.05) is 0 Å². The van der Waals surface area contributed by atoms with Crippen molar-refractivity contribution in [1.82, 2.24) is 5.65 Å². The van der Waals surface area contributed by atoms with Gasteiger partial charge in [0, 0.05) is 16.2 Å². The molecule has 0 aliphatic carbocycles. The Morgan fingerprint density at radius 2 is 1.90 bits per heavy atom. The van der Waals surface area contributed by atoms with Crippen LogP contribution in [0.2, 0.25) is 0 Å². The van der Waals surface area contributed by atoms with Gasteiger partial charge >= 0.3 is 0 Å². The first-order valence-corrected chi connectivity index (χ1v) is 2.15. The maximum absolute atomic E-state index is 11.0. The average molecular weight is 156 g/mol. The SMILES string of the molecule is CN=NC(C)=NNF.FF. The minimum Gasteiger partial charge on any atom is -0.191 e. The Hall–Kier alpha value is -1.14. The first-order valence-electron chi connectivity index (χ1n) is 2.15. The van der Waals surface area contributed by atoms with Crippen LogP contribution in [0.1, 0.15) is 6.92 Å². The van der Waals surface area contributed by atoms with Crippen LogP contribution < -0.4 is 5.65 Å². The van der Waals surface area contributed by atoms with Gasteiger partial charge in [-0.05, 0) is 6.92 Å². The Kier molecular flexibility index (Phi) is 12.5. The topological polar surface area (TPSA) is 49.1 Å². The van der Waals surface area contributed by atoms with Crippen LogP contribution >= 0.6 is 0 Å². The van der Waals surface area contributed by atoms with E-state index in [9.17, 15) is 4.48 Å². The molecule has 0 aromatic rings. The van der Waals surface area contributed by atoms with Gasteiger partial charge in [-0.25, -0.2) is 0 Å². The van der Waals surface area contributed by atoms with Gasteiger partial charge < -0.3 is 0 Å². The minimum absolute atomic E-state index is 0.259. The number of amidine groups is 1. The van der Waals surface area contributed by atoms with Crippen LogP contribution in [0.4, 0.5) is 13.6 Å². The number of hydrogen-bond donors (Lipinski definition) is 1. The van der Waals surface area contributed by atoms with E-state index in [1.54, 1.807) is 0 Å². The van der Waals surface area contributed by atoms with Crippen LogP contribution in [0.15, 0.2) is 15.3 Å². The molecule has 0 saturated carbocycles. The van der Waals surface area contributed by atoms with E-state index in [-0.39, 0.29) is 5.84 Å². The van der Waals surface area contributed by atoms with Gasteiger partial charge in [0.25, 0.3) is 0 Å². The molecule has 1 N–H and O–H groups in total. The lowest BCUT2D eigenvalue weighted by Gasteiger charge is -1.82. The molecule has 0 aromatic carbocycles. The lowest BCUT2D eigenvalue weighted by molar-refractivity contribution is 0.108. The van der Waals surface area contributed by atoms with Crippen LogP contribution in [0.25, 0.3) is 0 Å². The van der Waals surface area contributed by atoms with E-state index in [0.717, 1.165) is 5.65 Å². The van der Waals surface area contributed by atoms with Gasteiger partial charge in [-0.15, -0.1) is 15.9 Å². The second-order valence-electron chi connectivity index (χ2n) is 1.04. The summed E-state index contributed by atoms with van der Waals surface area (Å²) in [7, 11) is 1.48. The standard InChI is InChI=1S/C3H7FN4.F2/c1-3(6-5-2)7-8-4;1-2/h8H,1-2H3;. The number of rotatable bonds is 1. The molecule has 0 saturated heterocycles. The number of nitrogens with zero attached hydrogens (tertiary/aromatic N) is 3. The van der Waals surface area contributed by atoms with Crippen LogP contribution in [0.5, 0.6) is 0 Å². The fraction of sp³-hybridized carbons (Fsp3) is 0.667. The molecule has 0 unspecified atom stereocenters. The number of azo groups is 1. The molecular weight excluding hydrogens is 149 g/mol. The monoisotopic (exact) mass is 156 g/mol. The summed E-state index contributed by atoms with van der Waals surface area (Å²) >= 11 is 0. The third-order valence-corrected chi connectivity index (χ3v) is 0.449. The zero-order chi connectivity index (χ0) is 8.41. The van der Waals surface area contributed by atoms with E-state index in [4.69, 9.17) is 9.15 Å². The van der Waals surface area contributed by atoms with Crippen molar-refractivity contribution < 1.29 is 13.6 Å². The number of halogens is 3. The fourth-order valence-corrected chi connectivity index (χ4v) is 0.228. The van der Waals surface area contributed by atoms with Crippen molar-refractivity contribution in [2.75, 3.05) is 7.05 Å². The second kappa shape index (κ2) is 10.8. The van der Waals surface area contributed by atoms with Crippen molar-refractivity contribution in [3.05, 3.63) is 0 Å². The fourth-order valence-electron chi connectivity index (χ4n) is 0.228. The lowest BCUT2D eigenvalue weighted by atomic mass is 10.7. The summed E-state index contributed by atoms with van der Waals surface area (Å²) < 4.78 is 27.0. The zero-order valence-electron chi connectivity index (χ0n) is 5.48. The van der Waals surface area contributed by atoms with Gasteiger partial charge in [0.1, 0.15) is 0 Å². The molecule has 0 aliphatic rings. The van der Waals surface area contributed by atoms with E-state index < -0.39 is 0 Å². The van der Waals surface area contributed by atoms with Crippen molar-refractivity contribution in [2.45, 2.75) is 6.92 Å². The highest BCUT2D eigenvalue weighted by atomic mass is 20.0. The Morgan fingerprint density at radius 1 is 1.40 bits per heavy atom. The van der Waals surface area contributed by atoms with E-state index in [0.29, 0.717) is 0 Å². The normalized spacial score (nSPS) is 10.7. The highest BCUT2D eigenvalue weighted by Crippen LogP contribution is 1.76. The summed E-state index contributed by atoms with van der Waals surface area (Å²) in [4.78, 5) is 0. The Bertz CT molecular complexity index is 112. The maximum atomic E-state index is 11.0. The molecule has 60 valence electrons. The third kappa shape index (κ3) is 9.97. The van der Waals surface area contributed by atoms with Gasteiger partial charge in [0.2, 0.25) is 0 Å². The van der Waals surface area contributed by atoms with Gasteiger partial charge in [-0.1, -0.05) is 4.48 Å². The molecule has 0 radical (unpaired) electrons. The molecule has 0 bridgehead atoms. The predicted octanol–water partition coefficient (Wildman–Crippen LogP) is 1.72. The highest BCUT2D eigenvalue weighted by Gasteiger charge is 1.79. The summed E-state index contributed by atoms with van der Waals surface area (Å²) in [5.74, 6) is 0.259. The first-order chi connectivity index (χ1) is 4.81. The van der Waals surface area contributed by atoms with Gasteiger partial charge in [-0.2, -0.15) is 5.11 Å². The van der Waals surface area contributed by atoms with Crippen LogP contribution in [-0.4, -0.2) is 12.9 Å². The first kappa shape index (κ1) is 11.6. The van der Waals surface area contributed by atoms with Gasteiger partial charge in [-0.3, -0.25) is 0 Å². The number of nitrogens with one attached hydrogen (secondary N) is 1. The molecule has 0 spiro atoms. The molecule has 0 rings (SSSR count). The molecule has 0 fully saturated rings. The molecule has 0 aliphatic heterocycles. The average Bonchev–Trinajstić information content (AvgIpc) is 1.93. The zero-order valence-corrected chi connectivity index (χ0v) is 5.48. The molecule has 10 heavy (non-hydrogen) atoms. The van der Waals surface area contributed by atoms with Crippen molar-refractivity contribution in [1.29, 1.82) is 0 Å². The number of hydrogen-bond acceptors (Lipinski definition) is 3. The predicted molar refractivity (Wildman–Crippen MR) is 30.3 cm³/mol. The molecule has 0 heterocycles. The summed E-state index contributed by atoms with van der Waals surface area (Å²) in [5, 5.41) is 9.78. The summed E-state index contributed by atoms with van der Waals surface area (Å²) in [6.45, 7) is 1.53. The minimum atomic E-state index is 0.259. The van der Waals surface area contributed by atoms with E-state index >= 15 is 0 Å². The van der Waals surface area contributed by atoms with Crippen molar-refractivity contribution >= 4 is 5.84 Å². The van der Waals surface area contributed by atoms with E-state index in [2.05, 4.69) is 15.3 Å². The molecular formula is C3H7F3N4. The van der Waals surface area contributed by atoms with Crippen molar-refractivity contribution in [2.24, 2.45) is 15.3 Å².